The number of carbonyl (C=O) groups is 2. The largest absolute Gasteiger partial charge is 0.416 e. The molecule has 1 atom stereocenters. The third-order valence-corrected chi connectivity index (χ3v) is 6.18. The molecule has 0 bridgehead atoms. The molecule has 4 rings (SSSR count). The van der Waals surface area contributed by atoms with Gasteiger partial charge >= 0.3 is 6.18 Å². The first-order valence-corrected chi connectivity index (χ1v) is 10.8. The molecule has 1 fully saturated rings. The fraction of sp³-hybridized carbons (Fsp3) is 0.375. The van der Waals surface area contributed by atoms with Crippen molar-refractivity contribution in [2.45, 2.75) is 32.4 Å². The van der Waals surface area contributed by atoms with Crippen LogP contribution in [-0.4, -0.2) is 57.2 Å². The van der Waals surface area contributed by atoms with Crippen molar-refractivity contribution in [2.75, 3.05) is 26.2 Å². The fourth-order valence-electron chi connectivity index (χ4n) is 4.38. The van der Waals surface area contributed by atoms with E-state index in [4.69, 9.17) is 0 Å². The van der Waals surface area contributed by atoms with Crippen molar-refractivity contribution in [1.29, 1.82) is 0 Å². The van der Waals surface area contributed by atoms with Crippen LogP contribution < -0.4 is 0 Å². The van der Waals surface area contributed by atoms with Gasteiger partial charge in [0, 0.05) is 57.3 Å². The number of hydrogen-bond acceptors (Lipinski definition) is 3. The highest BCUT2D eigenvalue weighted by atomic mass is 19.4. The summed E-state index contributed by atoms with van der Waals surface area (Å²) in [5, 5.41) is 0. The second-order valence-corrected chi connectivity index (χ2v) is 8.31. The summed E-state index contributed by atoms with van der Waals surface area (Å²) in [7, 11) is 0. The number of benzene rings is 1. The van der Waals surface area contributed by atoms with Crippen LogP contribution in [0.25, 0.3) is 5.65 Å². The van der Waals surface area contributed by atoms with Gasteiger partial charge in [0.05, 0.1) is 11.3 Å². The quantitative estimate of drug-likeness (QED) is 0.597. The van der Waals surface area contributed by atoms with Crippen LogP contribution in [0.3, 0.4) is 0 Å². The van der Waals surface area contributed by atoms with Gasteiger partial charge in [-0.15, -0.1) is 0 Å². The van der Waals surface area contributed by atoms with Crippen LogP contribution in [-0.2, 0) is 15.8 Å². The minimum atomic E-state index is -4.48. The summed E-state index contributed by atoms with van der Waals surface area (Å²) in [6.07, 6.45) is -2.85. The first kappa shape index (κ1) is 22.8. The van der Waals surface area contributed by atoms with Crippen molar-refractivity contribution in [3.05, 3.63) is 71.2 Å². The molecular formula is C24H25F3N4O2. The molecule has 6 nitrogen and oxygen atoms in total. The normalized spacial score (nSPS) is 15.7. The van der Waals surface area contributed by atoms with Crippen LogP contribution in [0.5, 0.6) is 0 Å². The summed E-state index contributed by atoms with van der Waals surface area (Å²) >= 11 is 0. The van der Waals surface area contributed by atoms with Gasteiger partial charge < -0.3 is 14.2 Å². The third kappa shape index (κ3) is 4.72. The number of carbonyl (C=O) groups excluding carboxylic acids is 2. The molecule has 1 aliphatic rings. The average molecular weight is 458 g/mol. The lowest BCUT2D eigenvalue weighted by molar-refractivity contribution is -0.138. The second kappa shape index (κ2) is 8.88. The number of rotatable bonds is 4. The molecule has 9 heteroatoms. The Morgan fingerprint density at radius 3 is 2.36 bits per heavy atom. The average Bonchev–Trinajstić information content (AvgIpc) is 3.22. The van der Waals surface area contributed by atoms with Gasteiger partial charge in [-0.1, -0.05) is 24.3 Å². The van der Waals surface area contributed by atoms with Crippen molar-refractivity contribution in [1.82, 2.24) is 19.2 Å². The number of halogens is 3. The van der Waals surface area contributed by atoms with Crippen LogP contribution >= 0.6 is 0 Å². The van der Waals surface area contributed by atoms with E-state index < -0.39 is 17.7 Å². The highest BCUT2D eigenvalue weighted by Crippen LogP contribution is 2.35. The van der Waals surface area contributed by atoms with E-state index in [1.165, 1.54) is 13.0 Å². The summed E-state index contributed by atoms with van der Waals surface area (Å²) in [5.41, 5.74) is 1.87. The van der Waals surface area contributed by atoms with Crippen molar-refractivity contribution in [3.8, 4) is 0 Å². The van der Waals surface area contributed by atoms with Crippen LogP contribution in [0.2, 0.25) is 0 Å². The zero-order valence-corrected chi connectivity index (χ0v) is 18.5. The molecule has 174 valence electrons. The number of alkyl halides is 3. The molecule has 33 heavy (non-hydrogen) atoms. The van der Waals surface area contributed by atoms with E-state index in [1.54, 1.807) is 22.1 Å². The molecular weight excluding hydrogens is 433 g/mol. The van der Waals surface area contributed by atoms with Gasteiger partial charge in [-0.05, 0) is 30.7 Å². The molecule has 3 aromatic rings. The lowest BCUT2D eigenvalue weighted by Gasteiger charge is -2.35. The number of imidazole rings is 1. The maximum Gasteiger partial charge on any atom is 0.416 e. The van der Waals surface area contributed by atoms with E-state index in [0.29, 0.717) is 43.1 Å². The molecule has 3 heterocycles. The predicted molar refractivity (Wildman–Crippen MR) is 117 cm³/mol. The highest BCUT2D eigenvalue weighted by molar-refractivity contribution is 5.79. The number of amides is 2. The zero-order chi connectivity index (χ0) is 23.8. The summed E-state index contributed by atoms with van der Waals surface area (Å²) in [6, 6.07) is 10.7. The molecule has 0 N–H and O–H groups in total. The third-order valence-electron chi connectivity index (χ3n) is 6.18. The van der Waals surface area contributed by atoms with Crippen LogP contribution in [0.4, 0.5) is 13.2 Å². The van der Waals surface area contributed by atoms with Gasteiger partial charge in [0.15, 0.2) is 0 Å². The first-order chi connectivity index (χ1) is 15.6. The minimum absolute atomic E-state index is 0.00348. The molecule has 2 amide bonds. The Morgan fingerprint density at radius 2 is 1.70 bits per heavy atom. The topological polar surface area (TPSA) is 57.9 Å². The van der Waals surface area contributed by atoms with Crippen molar-refractivity contribution < 1.29 is 22.8 Å². The molecule has 0 spiro atoms. The first-order valence-electron chi connectivity index (χ1n) is 10.8. The number of piperazine rings is 1. The Labute approximate surface area is 189 Å². The monoisotopic (exact) mass is 458 g/mol. The highest BCUT2D eigenvalue weighted by Gasteiger charge is 2.33. The second-order valence-electron chi connectivity index (χ2n) is 8.31. The van der Waals surface area contributed by atoms with Crippen LogP contribution in [0, 0.1) is 6.92 Å². The predicted octanol–water partition coefficient (Wildman–Crippen LogP) is 3.87. The van der Waals surface area contributed by atoms with E-state index in [2.05, 4.69) is 4.98 Å². The van der Waals surface area contributed by atoms with Gasteiger partial charge in [-0.25, -0.2) is 4.98 Å². The molecule has 1 aromatic carbocycles. The van der Waals surface area contributed by atoms with Gasteiger partial charge in [0.25, 0.3) is 0 Å². The van der Waals surface area contributed by atoms with Crippen molar-refractivity contribution in [3.63, 3.8) is 0 Å². The SMILES string of the molecule is CC(=O)N1CCN(C(=O)CC(c2cccc(C(F)(F)F)c2)c2cnc3cccc(C)n23)CC1. The van der Waals surface area contributed by atoms with Gasteiger partial charge in [-0.3, -0.25) is 9.59 Å². The fourth-order valence-corrected chi connectivity index (χ4v) is 4.38. The Bertz CT molecular complexity index is 1180. The summed E-state index contributed by atoms with van der Waals surface area (Å²) in [6.45, 7) is 5.09. The minimum Gasteiger partial charge on any atom is -0.339 e. The standard InChI is InChI=1S/C24H25F3N4O2/c1-16-5-3-8-22-28-15-21(31(16)22)20(18-6-4-7-19(13-18)24(25,26)27)14-23(33)30-11-9-29(10-12-30)17(2)32/h3-8,13,15,20H,9-12,14H2,1-2H3. The Balaban J connectivity index is 1.70. The summed E-state index contributed by atoms with van der Waals surface area (Å²) in [5.74, 6) is -0.809. The molecule has 2 aromatic heterocycles. The number of pyridine rings is 1. The molecule has 1 saturated heterocycles. The number of hydrogen-bond donors (Lipinski definition) is 0. The summed E-state index contributed by atoms with van der Waals surface area (Å²) < 4.78 is 42.1. The number of nitrogens with zero attached hydrogens (tertiary/aromatic N) is 4. The van der Waals surface area contributed by atoms with Crippen LogP contribution in [0.15, 0.2) is 48.7 Å². The van der Waals surface area contributed by atoms with Gasteiger partial charge in [0.2, 0.25) is 11.8 Å². The Morgan fingerprint density at radius 1 is 1.03 bits per heavy atom. The van der Waals surface area contributed by atoms with Crippen molar-refractivity contribution >= 4 is 17.5 Å². The van der Waals surface area contributed by atoms with Gasteiger partial charge in [-0.2, -0.15) is 13.2 Å². The van der Waals surface area contributed by atoms with Crippen molar-refractivity contribution in [2.24, 2.45) is 0 Å². The molecule has 0 radical (unpaired) electrons. The van der Waals surface area contributed by atoms with E-state index in [1.807, 2.05) is 29.5 Å². The summed E-state index contributed by atoms with van der Waals surface area (Å²) in [4.78, 5) is 32.6. The lowest BCUT2D eigenvalue weighted by Crippen LogP contribution is -2.50. The Kier molecular flexibility index (Phi) is 6.14. The molecule has 0 aliphatic carbocycles. The molecule has 0 saturated carbocycles. The smallest absolute Gasteiger partial charge is 0.339 e. The molecule has 1 aliphatic heterocycles. The van der Waals surface area contributed by atoms with E-state index in [0.717, 1.165) is 17.8 Å². The van der Waals surface area contributed by atoms with E-state index in [9.17, 15) is 22.8 Å². The van der Waals surface area contributed by atoms with Gasteiger partial charge in [0.1, 0.15) is 5.65 Å². The number of fused-ring (bicyclic) bond motifs is 1. The van der Waals surface area contributed by atoms with Crippen LogP contribution in [0.1, 0.15) is 41.8 Å². The number of aromatic nitrogens is 2. The maximum absolute atomic E-state index is 13.4. The van der Waals surface area contributed by atoms with E-state index >= 15 is 0 Å². The molecule has 1 unspecified atom stereocenters. The lowest BCUT2D eigenvalue weighted by atomic mass is 9.90. The van der Waals surface area contributed by atoms with E-state index in [-0.39, 0.29) is 18.2 Å². The number of aryl methyl sites for hydroxylation is 1. The maximum atomic E-state index is 13.4. The zero-order valence-electron chi connectivity index (χ0n) is 18.5. The Hall–Kier alpha value is -3.36.